The van der Waals surface area contributed by atoms with Crippen LogP contribution in [0.25, 0.3) is 21.7 Å². The van der Waals surface area contributed by atoms with Crippen LogP contribution in [0.1, 0.15) is 33.4 Å². The molecular formula is C29H22N2O8S. The van der Waals surface area contributed by atoms with Crippen molar-refractivity contribution in [2.45, 2.75) is 18.7 Å². The zero-order valence-electron chi connectivity index (χ0n) is 21.4. The number of furan rings is 1. The van der Waals surface area contributed by atoms with Crippen molar-refractivity contribution in [3.63, 3.8) is 0 Å². The highest BCUT2D eigenvalue weighted by molar-refractivity contribution is 7.93. The first-order valence-electron chi connectivity index (χ1n) is 12.1. The Hall–Kier alpha value is -5.03. The normalized spacial score (nSPS) is 11.4. The maximum absolute atomic E-state index is 14.1. The summed E-state index contributed by atoms with van der Waals surface area (Å²) in [6, 6.07) is 20.5. The summed E-state index contributed by atoms with van der Waals surface area (Å²) in [5.41, 5.74) is 0.00828. The number of ether oxygens (including phenoxy) is 1. The second-order valence-corrected chi connectivity index (χ2v) is 10.6. The van der Waals surface area contributed by atoms with E-state index >= 15 is 0 Å². The van der Waals surface area contributed by atoms with Crippen LogP contribution in [0.15, 0.2) is 94.2 Å². The van der Waals surface area contributed by atoms with Crippen LogP contribution in [0.4, 0.5) is 11.4 Å². The van der Waals surface area contributed by atoms with Gasteiger partial charge in [0.15, 0.2) is 0 Å². The van der Waals surface area contributed by atoms with E-state index in [-0.39, 0.29) is 45.2 Å². The first-order chi connectivity index (χ1) is 19.1. The van der Waals surface area contributed by atoms with Crippen LogP contribution < -0.4 is 4.31 Å². The fourth-order valence-corrected chi connectivity index (χ4v) is 5.87. The van der Waals surface area contributed by atoms with E-state index in [9.17, 15) is 28.1 Å². The van der Waals surface area contributed by atoms with E-state index in [1.165, 1.54) is 42.5 Å². The molecule has 0 aliphatic heterocycles. The Bertz CT molecular complexity index is 1910. The SMILES string of the molecule is CCOC(=O)c1c(C)oc2ccc(N(C(=O)c3ccc([N+](=O)[O-])cc3)S(=O)(=O)c3ccc4ccccc4c3)cc12. The number of hydrogen-bond acceptors (Lipinski definition) is 8. The number of fused-ring (bicyclic) bond motifs is 2. The third kappa shape index (κ3) is 4.67. The number of sulfonamides is 1. The lowest BCUT2D eigenvalue weighted by molar-refractivity contribution is -0.384. The van der Waals surface area contributed by atoms with Gasteiger partial charge in [-0.1, -0.05) is 30.3 Å². The van der Waals surface area contributed by atoms with Gasteiger partial charge < -0.3 is 9.15 Å². The number of nitrogens with zero attached hydrogens (tertiary/aromatic N) is 2. The van der Waals surface area contributed by atoms with Crippen molar-refractivity contribution in [3.05, 3.63) is 112 Å². The Balaban J connectivity index is 1.71. The van der Waals surface area contributed by atoms with E-state index in [4.69, 9.17) is 9.15 Å². The molecule has 5 rings (SSSR count). The van der Waals surface area contributed by atoms with Gasteiger partial charge >= 0.3 is 5.97 Å². The van der Waals surface area contributed by atoms with E-state index in [2.05, 4.69) is 0 Å². The molecule has 1 aromatic heterocycles. The van der Waals surface area contributed by atoms with E-state index in [1.54, 1.807) is 32.0 Å². The van der Waals surface area contributed by atoms with Gasteiger partial charge in [-0.05, 0) is 67.1 Å². The highest BCUT2D eigenvalue weighted by atomic mass is 32.2. The number of carbonyl (C=O) groups is 2. The first kappa shape index (κ1) is 26.6. The molecule has 4 aromatic carbocycles. The van der Waals surface area contributed by atoms with Crippen LogP contribution in [0, 0.1) is 17.0 Å². The van der Waals surface area contributed by atoms with Gasteiger partial charge in [0.1, 0.15) is 16.9 Å². The molecule has 1 heterocycles. The van der Waals surface area contributed by atoms with E-state index in [0.29, 0.717) is 15.3 Å². The molecule has 0 saturated heterocycles. The number of esters is 1. The Labute approximate surface area is 228 Å². The monoisotopic (exact) mass is 558 g/mol. The Kier molecular flexibility index (Phi) is 6.82. The van der Waals surface area contributed by atoms with Crippen LogP contribution in [-0.2, 0) is 14.8 Å². The first-order valence-corrected chi connectivity index (χ1v) is 13.6. The second kappa shape index (κ2) is 10.3. The summed E-state index contributed by atoms with van der Waals surface area (Å²) in [5.74, 6) is -1.32. The van der Waals surface area contributed by atoms with Crippen molar-refractivity contribution in [2.24, 2.45) is 0 Å². The molecule has 0 unspecified atom stereocenters. The quantitative estimate of drug-likeness (QED) is 0.134. The summed E-state index contributed by atoms with van der Waals surface area (Å²) in [6.45, 7) is 3.35. The summed E-state index contributed by atoms with van der Waals surface area (Å²) < 4.78 is 39.7. The number of nitro groups is 1. The van der Waals surface area contributed by atoms with Crippen LogP contribution >= 0.6 is 0 Å². The third-order valence-electron chi connectivity index (χ3n) is 6.33. The van der Waals surface area contributed by atoms with Gasteiger partial charge in [0, 0.05) is 23.1 Å². The second-order valence-electron chi connectivity index (χ2n) is 8.82. The van der Waals surface area contributed by atoms with Crippen LogP contribution in [0.2, 0.25) is 0 Å². The van der Waals surface area contributed by atoms with E-state index in [1.807, 2.05) is 12.1 Å². The summed E-state index contributed by atoms with van der Waals surface area (Å²) in [7, 11) is -4.52. The van der Waals surface area contributed by atoms with Gasteiger partial charge in [-0.25, -0.2) is 13.2 Å². The smallest absolute Gasteiger partial charge is 0.342 e. The maximum atomic E-state index is 14.1. The lowest BCUT2D eigenvalue weighted by Crippen LogP contribution is -2.37. The number of nitro benzene ring substituents is 1. The summed E-state index contributed by atoms with van der Waals surface area (Å²) >= 11 is 0. The van der Waals surface area contributed by atoms with Gasteiger partial charge in [0.05, 0.1) is 22.1 Å². The van der Waals surface area contributed by atoms with Crippen molar-refractivity contribution in [3.8, 4) is 0 Å². The Morgan fingerprint density at radius 2 is 1.65 bits per heavy atom. The van der Waals surface area contributed by atoms with Gasteiger partial charge in [-0.15, -0.1) is 0 Å². The minimum atomic E-state index is -4.52. The molecular weight excluding hydrogens is 536 g/mol. The van der Waals surface area contributed by atoms with Crippen molar-refractivity contribution < 1.29 is 32.1 Å². The molecule has 5 aromatic rings. The highest BCUT2D eigenvalue weighted by Gasteiger charge is 2.33. The van der Waals surface area contributed by atoms with Crippen LogP contribution in [-0.4, -0.2) is 31.8 Å². The number of rotatable bonds is 7. The molecule has 1 amide bonds. The number of hydrogen-bond donors (Lipinski definition) is 0. The van der Waals surface area contributed by atoms with Gasteiger partial charge in [0.25, 0.3) is 21.6 Å². The molecule has 0 atom stereocenters. The molecule has 0 fully saturated rings. The fourth-order valence-electron chi connectivity index (χ4n) is 4.43. The van der Waals surface area contributed by atoms with Crippen LogP contribution in [0.3, 0.4) is 0 Å². The highest BCUT2D eigenvalue weighted by Crippen LogP contribution is 2.34. The Morgan fingerprint density at radius 1 is 0.950 bits per heavy atom. The number of amides is 1. The van der Waals surface area contributed by atoms with Gasteiger partial charge in [-0.3, -0.25) is 14.9 Å². The van der Waals surface area contributed by atoms with Gasteiger partial charge in [-0.2, -0.15) is 4.31 Å². The number of aryl methyl sites for hydroxylation is 1. The topological polar surface area (TPSA) is 137 Å². The predicted molar refractivity (Wildman–Crippen MR) is 148 cm³/mol. The average molecular weight is 559 g/mol. The standard InChI is InChI=1S/C29H22N2O8S/c1-3-38-29(33)27-18(2)39-26-15-13-23(17-25(26)27)30(28(32)20-8-11-22(12-9-20)31(34)35)40(36,37)24-14-10-19-6-4-5-7-21(19)16-24/h4-17H,3H2,1-2H3. The lowest BCUT2D eigenvalue weighted by Gasteiger charge is -2.23. The van der Waals surface area contributed by atoms with Crippen molar-refractivity contribution in [1.82, 2.24) is 0 Å². The molecule has 0 saturated carbocycles. The maximum Gasteiger partial charge on any atom is 0.342 e. The molecule has 0 aliphatic rings. The van der Waals surface area contributed by atoms with Gasteiger partial charge in [0.2, 0.25) is 0 Å². The van der Waals surface area contributed by atoms with Crippen molar-refractivity contribution in [2.75, 3.05) is 10.9 Å². The molecule has 0 aliphatic carbocycles. The molecule has 202 valence electrons. The molecule has 0 spiro atoms. The summed E-state index contributed by atoms with van der Waals surface area (Å²) in [6.07, 6.45) is 0. The molecule has 0 radical (unpaired) electrons. The van der Waals surface area contributed by atoms with E-state index < -0.39 is 26.8 Å². The van der Waals surface area contributed by atoms with E-state index in [0.717, 1.165) is 17.5 Å². The minimum absolute atomic E-state index is 0.0599. The lowest BCUT2D eigenvalue weighted by atomic mass is 10.1. The number of benzene rings is 4. The number of non-ortho nitro benzene ring substituents is 1. The largest absolute Gasteiger partial charge is 0.462 e. The molecule has 0 bridgehead atoms. The average Bonchev–Trinajstić information content (AvgIpc) is 3.28. The molecule has 11 heteroatoms. The molecule has 0 N–H and O–H groups in total. The fraction of sp³-hybridized carbons (Fsp3) is 0.103. The Morgan fingerprint density at radius 3 is 2.33 bits per heavy atom. The summed E-state index contributed by atoms with van der Waals surface area (Å²) in [4.78, 5) is 36.9. The number of carbonyl (C=O) groups excluding carboxylic acids is 2. The zero-order valence-corrected chi connectivity index (χ0v) is 22.2. The molecule has 40 heavy (non-hydrogen) atoms. The zero-order chi connectivity index (χ0) is 28.6. The van der Waals surface area contributed by atoms with Crippen LogP contribution in [0.5, 0.6) is 0 Å². The minimum Gasteiger partial charge on any atom is -0.462 e. The predicted octanol–water partition coefficient (Wildman–Crippen LogP) is 6.02. The number of anilines is 1. The van der Waals surface area contributed by atoms with Crippen molar-refractivity contribution in [1.29, 1.82) is 0 Å². The third-order valence-corrected chi connectivity index (χ3v) is 8.04. The van der Waals surface area contributed by atoms with Crippen molar-refractivity contribution >= 4 is 55.0 Å². The molecule has 10 nitrogen and oxygen atoms in total. The summed E-state index contributed by atoms with van der Waals surface area (Å²) in [5, 5.41) is 12.8.